The average Bonchev–Trinajstić information content (AvgIpc) is 2.27. The lowest BCUT2D eigenvalue weighted by Crippen LogP contribution is -2.08. The first-order chi connectivity index (χ1) is 8.04. The van der Waals surface area contributed by atoms with Crippen molar-refractivity contribution in [3.8, 4) is 0 Å². The van der Waals surface area contributed by atoms with Crippen molar-refractivity contribution in [2.45, 2.75) is 38.7 Å². The molecule has 0 heterocycles. The summed E-state index contributed by atoms with van der Waals surface area (Å²) in [6, 6.07) is 5.02. The molecule has 0 bridgehead atoms. The number of nitro groups is 1. The molecule has 0 fully saturated rings. The van der Waals surface area contributed by atoms with E-state index in [9.17, 15) is 15.2 Å². The Labute approximate surface area is 109 Å². The summed E-state index contributed by atoms with van der Waals surface area (Å²) < 4.78 is 0.696. The Morgan fingerprint density at radius 3 is 2.76 bits per heavy atom. The van der Waals surface area contributed by atoms with Crippen LogP contribution in [-0.2, 0) is 6.42 Å². The summed E-state index contributed by atoms with van der Waals surface area (Å²) in [5.74, 6) is 0. The largest absolute Gasteiger partial charge is 0.393 e. The molecular weight excluding hydrogens is 286 g/mol. The summed E-state index contributed by atoms with van der Waals surface area (Å²) in [7, 11) is 0. The lowest BCUT2D eigenvalue weighted by Gasteiger charge is -2.09. The molecule has 94 valence electrons. The highest BCUT2D eigenvalue weighted by Crippen LogP contribution is 2.25. The van der Waals surface area contributed by atoms with Crippen LogP contribution in [-0.4, -0.2) is 16.1 Å². The Hall–Kier alpha value is -0.940. The van der Waals surface area contributed by atoms with Gasteiger partial charge in [0.1, 0.15) is 0 Å². The Kier molecular flexibility index (Phi) is 5.58. The van der Waals surface area contributed by atoms with Gasteiger partial charge >= 0.3 is 0 Å². The van der Waals surface area contributed by atoms with Gasteiger partial charge in [0.25, 0.3) is 5.69 Å². The maximum atomic E-state index is 10.9. The predicted molar refractivity (Wildman–Crippen MR) is 70.0 cm³/mol. The topological polar surface area (TPSA) is 63.4 Å². The molecule has 0 aliphatic carbocycles. The van der Waals surface area contributed by atoms with Gasteiger partial charge in [-0.05, 0) is 25.3 Å². The van der Waals surface area contributed by atoms with Crippen molar-refractivity contribution >= 4 is 21.6 Å². The van der Waals surface area contributed by atoms with Gasteiger partial charge < -0.3 is 5.11 Å². The quantitative estimate of drug-likeness (QED) is 0.646. The van der Waals surface area contributed by atoms with E-state index < -0.39 is 0 Å². The van der Waals surface area contributed by atoms with Crippen LogP contribution in [0.15, 0.2) is 22.7 Å². The van der Waals surface area contributed by atoms with Crippen molar-refractivity contribution in [2.75, 3.05) is 0 Å². The number of nitro benzene ring substituents is 1. The van der Waals surface area contributed by atoms with E-state index in [0.29, 0.717) is 22.9 Å². The second-order valence-electron chi connectivity index (χ2n) is 4.01. The molecule has 1 N–H and O–H groups in total. The fourth-order valence-corrected chi connectivity index (χ4v) is 2.07. The van der Waals surface area contributed by atoms with Crippen LogP contribution in [0.25, 0.3) is 0 Å². The van der Waals surface area contributed by atoms with Crippen molar-refractivity contribution < 1.29 is 10.0 Å². The molecule has 1 unspecified atom stereocenters. The number of aliphatic hydroxyl groups excluding tert-OH is 1. The van der Waals surface area contributed by atoms with Crippen molar-refractivity contribution in [3.63, 3.8) is 0 Å². The van der Waals surface area contributed by atoms with Gasteiger partial charge in [0, 0.05) is 16.1 Å². The van der Waals surface area contributed by atoms with E-state index in [4.69, 9.17) is 0 Å². The molecule has 0 aliphatic heterocycles. The van der Waals surface area contributed by atoms with Crippen molar-refractivity contribution in [1.82, 2.24) is 0 Å². The number of benzene rings is 1. The fourth-order valence-electron chi connectivity index (χ4n) is 1.72. The summed E-state index contributed by atoms with van der Waals surface area (Å²) in [4.78, 5) is 10.5. The maximum absolute atomic E-state index is 10.9. The molecule has 0 aliphatic rings. The standard InChI is InChI=1S/C12H16BrNO3/c1-2-3-11(15)7-5-9-4-6-10(13)8-12(9)14(16)17/h4,6,8,11,15H,2-3,5,7H2,1H3. The van der Waals surface area contributed by atoms with E-state index in [1.165, 1.54) is 6.07 Å². The monoisotopic (exact) mass is 301 g/mol. The highest BCUT2D eigenvalue weighted by atomic mass is 79.9. The van der Waals surface area contributed by atoms with Crippen molar-refractivity contribution in [2.24, 2.45) is 0 Å². The molecule has 0 saturated heterocycles. The zero-order chi connectivity index (χ0) is 12.8. The molecule has 4 nitrogen and oxygen atoms in total. The minimum Gasteiger partial charge on any atom is -0.393 e. The third-order valence-corrected chi connectivity index (χ3v) is 3.11. The molecule has 1 atom stereocenters. The fraction of sp³-hybridized carbons (Fsp3) is 0.500. The second-order valence-corrected chi connectivity index (χ2v) is 4.93. The van der Waals surface area contributed by atoms with E-state index in [2.05, 4.69) is 15.9 Å². The molecule has 5 heteroatoms. The van der Waals surface area contributed by atoms with E-state index in [1.54, 1.807) is 12.1 Å². The van der Waals surface area contributed by atoms with Gasteiger partial charge in [0.05, 0.1) is 11.0 Å². The van der Waals surface area contributed by atoms with Gasteiger partial charge in [-0.3, -0.25) is 10.1 Å². The second kappa shape index (κ2) is 6.71. The molecular formula is C12H16BrNO3. The van der Waals surface area contributed by atoms with Gasteiger partial charge in [0.2, 0.25) is 0 Å². The first-order valence-corrected chi connectivity index (χ1v) is 6.44. The van der Waals surface area contributed by atoms with E-state index in [-0.39, 0.29) is 16.7 Å². The zero-order valence-electron chi connectivity index (χ0n) is 9.73. The molecule has 1 rings (SSSR count). The number of hydrogen-bond acceptors (Lipinski definition) is 3. The van der Waals surface area contributed by atoms with Crippen LogP contribution in [0.3, 0.4) is 0 Å². The van der Waals surface area contributed by atoms with Crippen molar-refractivity contribution in [3.05, 3.63) is 38.3 Å². The van der Waals surface area contributed by atoms with Gasteiger partial charge in [-0.2, -0.15) is 0 Å². The summed E-state index contributed by atoms with van der Waals surface area (Å²) in [5, 5.41) is 20.5. The van der Waals surface area contributed by atoms with Gasteiger partial charge in [-0.25, -0.2) is 0 Å². The van der Waals surface area contributed by atoms with Crippen LogP contribution >= 0.6 is 15.9 Å². The number of rotatable bonds is 6. The predicted octanol–water partition coefficient (Wildman–Crippen LogP) is 3.45. The molecule has 1 aromatic carbocycles. The lowest BCUT2D eigenvalue weighted by molar-refractivity contribution is -0.385. The Bertz CT molecular complexity index is 395. The highest BCUT2D eigenvalue weighted by Gasteiger charge is 2.15. The number of halogens is 1. The lowest BCUT2D eigenvalue weighted by atomic mass is 10.0. The van der Waals surface area contributed by atoms with Gasteiger partial charge in [-0.15, -0.1) is 0 Å². The minimum absolute atomic E-state index is 0.114. The summed E-state index contributed by atoms with van der Waals surface area (Å²) in [6.07, 6.45) is 2.39. The third-order valence-electron chi connectivity index (χ3n) is 2.61. The van der Waals surface area contributed by atoms with Crippen LogP contribution < -0.4 is 0 Å². The van der Waals surface area contributed by atoms with Gasteiger partial charge in [-0.1, -0.05) is 35.3 Å². The number of nitrogens with zero attached hydrogens (tertiary/aromatic N) is 1. The van der Waals surface area contributed by atoms with Crippen LogP contribution in [0, 0.1) is 10.1 Å². The molecule has 0 aromatic heterocycles. The summed E-state index contributed by atoms with van der Waals surface area (Å²) in [5.41, 5.74) is 0.788. The maximum Gasteiger partial charge on any atom is 0.273 e. The first-order valence-electron chi connectivity index (χ1n) is 5.65. The van der Waals surface area contributed by atoms with E-state index >= 15 is 0 Å². The zero-order valence-corrected chi connectivity index (χ0v) is 11.3. The highest BCUT2D eigenvalue weighted by molar-refractivity contribution is 9.10. The number of aliphatic hydroxyl groups is 1. The molecule has 0 amide bonds. The van der Waals surface area contributed by atoms with Crippen LogP contribution in [0.2, 0.25) is 0 Å². The molecule has 0 spiro atoms. The number of hydrogen-bond donors (Lipinski definition) is 1. The summed E-state index contributed by atoms with van der Waals surface area (Å²) in [6.45, 7) is 2.01. The first kappa shape index (κ1) is 14.1. The van der Waals surface area contributed by atoms with Crippen LogP contribution in [0.5, 0.6) is 0 Å². The molecule has 1 aromatic rings. The SMILES string of the molecule is CCCC(O)CCc1ccc(Br)cc1[N+](=O)[O-]. The Balaban J connectivity index is 2.73. The van der Waals surface area contributed by atoms with Gasteiger partial charge in [0.15, 0.2) is 0 Å². The Morgan fingerprint density at radius 2 is 2.18 bits per heavy atom. The summed E-state index contributed by atoms with van der Waals surface area (Å²) >= 11 is 3.22. The van der Waals surface area contributed by atoms with E-state index in [0.717, 1.165) is 12.8 Å². The van der Waals surface area contributed by atoms with Crippen molar-refractivity contribution in [1.29, 1.82) is 0 Å². The molecule has 17 heavy (non-hydrogen) atoms. The van der Waals surface area contributed by atoms with Crippen LogP contribution in [0.4, 0.5) is 5.69 Å². The number of aryl methyl sites for hydroxylation is 1. The van der Waals surface area contributed by atoms with E-state index in [1.807, 2.05) is 6.92 Å². The minimum atomic E-state index is -0.383. The average molecular weight is 302 g/mol. The Morgan fingerprint density at radius 1 is 1.47 bits per heavy atom. The molecule has 0 radical (unpaired) electrons. The van der Waals surface area contributed by atoms with Crippen LogP contribution in [0.1, 0.15) is 31.7 Å². The smallest absolute Gasteiger partial charge is 0.273 e. The third kappa shape index (κ3) is 4.44. The normalized spacial score (nSPS) is 12.4. The molecule has 0 saturated carbocycles.